The summed E-state index contributed by atoms with van der Waals surface area (Å²) < 4.78 is 36.2. The quantitative estimate of drug-likeness (QED) is 0.811. The van der Waals surface area contributed by atoms with Crippen molar-refractivity contribution in [2.45, 2.75) is 6.18 Å². The zero-order valence-corrected chi connectivity index (χ0v) is 9.79. The fraction of sp³-hybridized carbons (Fsp3) is 0.364. The van der Waals surface area contributed by atoms with E-state index in [-0.39, 0.29) is 6.54 Å². The van der Waals surface area contributed by atoms with Crippen molar-refractivity contribution < 1.29 is 18.0 Å². The molecule has 4 nitrogen and oxygen atoms in total. The molecule has 0 radical (unpaired) electrons. The fourth-order valence-electron chi connectivity index (χ4n) is 1.41. The molecule has 0 fully saturated rings. The molecule has 1 aromatic rings. The third-order valence-electron chi connectivity index (χ3n) is 2.10. The minimum absolute atomic E-state index is 0.353. The van der Waals surface area contributed by atoms with Gasteiger partial charge in [-0.1, -0.05) is 12.1 Å². The van der Waals surface area contributed by atoms with Gasteiger partial charge in [-0.2, -0.15) is 13.2 Å². The van der Waals surface area contributed by atoms with Crippen LogP contribution in [-0.2, 0) is 4.79 Å². The molecule has 0 aliphatic carbocycles. The van der Waals surface area contributed by atoms with Crippen LogP contribution in [0.3, 0.4) is 0 Å². The molecule has 100 valence electrons. The van der Waals surface area contributed by atoms with Crippen LogP contribution < -0.4 is 11.1 Å². The number of carbonyl (C=O) groups is 1. The summed E-state index contributed by atoms with van der Waals surface area (Å²) in [5.74, 6) is -0.542. The van der Waals surface area contributed by atoms with Gasteiger partial charge in [-0.3, -0.25) is 9.69 Å². The van der Waals surface area contributed by atoms with Crippen LogP contribution in [0.5, 0.6) is 0 Å². The van der Waals surface area contributed by atoms with Gasteiger partial charge in [0, 0.05) is 0 Å². The van der Waals surface area contributed by atoms with Gasteiger partial charge in [0.2, 0.25) is 5.91 Å². The molecule has 0 bridgehead atoms. The van der Waals surface area contributed by atoms with E-state index in [0.717, 1.165) is 4.90 Å². The van der Waals surface area contributed by atoms with E-state index in [1.165, 1.54) is 7.05 Å². The van der Waals surface area contributed by atoms with E-state index < -0.39 is 18.6 Å². The van der Waals surface area contributed by atoms with Crippen molar-refractivity contribution in [3.63, 3.8) is 0 Å². The van der Waals surface area contributed by atoms with Crippen LogP contribution in [0, 0.1) is 0 Å². The number of para-hydroxylation sites is 2. The van der Waals surface area contributed by atoms with Crippen molar-refractivity contribution in [1.29, 1.82) is 0 Å². The van der Waals surface area contributed by atoms with Crippen LogP contribution in [0.1, 0.15) is 0 Å². The first-order valence-corrected chi connectivity index (χ1v) is 5.17. The average Bonchev–Trinajstić information content (AvgIpc) is 2.18. The van der Waals surface area contributed by atoms with Gasteiger partial charge in [-0.05, 0) is 19.2 Å². The SMILES string of the molecule is CN(CC(=O)Nc1ccccc1N)CC(F)(F)F. The number of anilines is 2. The van der Waals surface area contributed by atoms with E-state index in [2.05, 4.69) is 5.32 Å². The van der Waals surface area contributed by atoms with E-state index in [0.29, 0.717) is 11.4 Å². The monoisotopic (exact) mass is 261 g/mol. The maximum Gasteiger partial charge on any atom is 0.401 e. The highest BCUT2D eigenvalue weighted by Gasteiger charge is 2.29. The number of alkyl halides is 3. The zero-order valence-electron chi connectivity index (χ0n) is 9.79. The van der Waals surface area contributed by atoms with Crippen molar-refractivity contribution in [1.82, 2.24) is 4.90 Å². The molecule has 0 aliphatic heterocycles. The Labute approximate surface area is 103 Å². The predicted octanol–water partition coefficient (Wildman–Crippen LogP) is 1.70. The van der Waals surface area contributed by atoms with E-state index in [1.807, 2.05) is 0 Å². The summed E-state index contributed by atoms with van der Waals surface area (Å²) in [7, 11) is 1.22. The number of halogens is 3. The molecule has 0 spiro atoms. The normalized spacial score (nSPS) is 11.6. The summed E-state index contributed by atoms with van der Waals surface area (Å²) in [5.41, 5.74) is 6.35. The number of amides is 1. The Hall–Kier alpha value is -1.76. The molecule has 18 heavy (non-hydrogen) atoms. The molecule has 1 rings (SSSR count). The summed E-state index contributed by atoms with van der Waals surface area (Å²) >= 11 is 0. The van der Waals surface area contributed by atoms with Gasteiger partial charge in [0.25, 0.3) is 0 Å². The molecular weight excluding hydrogens is 247 g/mol. The summed E-state index contributed by atoms with van der Waals surface area (Å²) in [4.78, 5) is 12.4. The van der Waals surface area contributed by atoms with Crippen LogP contribution in [0.15, 0.2) is 24.3 Å². The van der Waals surface area contributed by atoms with Gasteiger partial charge in [0.15, 0.2) is 0 Å². The largest absolute Gasteiger partial charge is 0.401 e. The fourth-order valence-corrected chi connectivity index (χ4v) is 1.41. The van der Waals surface area contributed by atoms with E-state index in [1.54, 1.807) is 24.3 Å². The maximum atomic E-state index is 12.1. The highest BCUT2D eigenvalue weighted by molar-refractivity contribution is 5.95. The molecule has 0 unspecified atom stereocenters. The number of nitrogen functional groups attached to an aromatic ring is 1. The smallest absolute Gasteiger partial charge is 0.397 e. The number of likely N-dealkylation sites (N-methyl/N-ethyl adjacent to an activating group) is 1. The molecule has 0 atom stereocenters. The molecular formula is C11H14F3N3O. The number of carbonyl (C=O) groups excluding carboxylic acids is 1. The lowest BCUT2D eigenvalue weighted by atomic mass is 10.2. The van der Waals surface area contributed by atoms with Crippen LogP contribution in [0.2, 0.25) is 0 Å². The lowest BCUT2D eigenvalue weighted by Crippen LogP contribution is -2.36. The van der Waals surface area contributed by atoms with Gasteiger partial charge in [0.05, 0.1) is 24.5 Å². The Balaban J connectivity index is 2.50. The maximum absolute atomic E-state index is 12.1. The van der Waals surface area contributed by atoms with Gasteiger partial charge < -0.3 is 11.1 Å². The van der Waals surface area contributed by atoms with Crippen molar-refractivity contribution >= 4 is 17.3 Å². The topological polar surface area (TPSA) is 58.4 Å². The van der Waals surface area contributed by atoms with Crippen LogP contribution in [0.25, 0.3) is 0 Å². The van der Waals surface area contributed by atoms with Gasteiger partial charge in [-0.15, -0.1) is 0 Å². The standard InChI is InChI=1S/C11H14F3N3O/c1-17(7-11(12,13)14)6-10(18)16-9-5-3-2-4-8(9)15/h2-5H,6-7,15H2,1H3,(H,16,18). The molecule has 0 saturated carbocycles. The minimum Gasteiger partial charge on any atom is -0.397 e. The molecule has 1 aromatic carbocycles. The number of benzene rings is 1. The van der Waals surface area contributed by atoms with Crippen molar-refractivity contribution in [3.05, 3.63) is 24.3 Å². The Kier molecular flexibility index (Phi) is 4.55. The third-order valence-corrected chi connectivity index (χ3v) is 2.10. The number of hydrogen-bond donors (Lipinski definition) is 2. The number of rotatable bonds is 4. The lowest BCUT2D eigenvalue weighted by molar-refractivity contribution is -0.145. The lowest BCUT2D eigenvalue weighted by Gasteiger charge is -2.18. The molecule has 7 heteroatoms. The third kappa shape index (κ3) is 5.05. The summed E-state index contributed by atoms with van der Waals surface area (Å²) in [5, 5.41) is 2.45. The average molecular weight is 261 g/mol. The molecule has 0 heterocycles. The number of nitrogens with one attached hydrogen (secondary N) is 1. The van der Waals surface area contributed by atoms with Crippen LogP contribution >= 0.6 is 0 Å². The van der Waals surface area contributed by atoms with Gasteiger partial charge in [-0.25, -0.2) is 0 Å². The zero-order chi connectivity index (χ0) is 13.8. The Morgan fingerprint density at radius 2 is 2.00 bits per heavy atom. The second-order valence-corrected chi connectivity index (χ2v) is 3.92. The molecule has 0 aliphatic rings. The van der Waals surface area contributed by atoms with Crippen molar-refractivity contribution in [3.8, 4) is 0 Å². The molecule has 3 N–H and O–H groups in total. The number of hydrogen-bond acceptors (Lipinski definition) is 3. The van der Waals surface area contributed by atoms with E-state index in [4.69, 9.17) is 5.73 Å². The van der Waals surface area contributed by atoms with Crippen LogP contribution in [-0.4, -0.2) is 37.1 Å². The molecule has 1 amide bonds. The second kappa shape index (κ2) is 5.72. The number of nitrogens with two attached hydrogens (primary N) is 1. The first kappa shape index (κ1) is 14.3. The highest BCUT2D eigenvalue weighted by atomic mass is 19.4. The summed E-state index contributed by atoms with van der Waals surface area (Å²) in [6, 6.07) is 6.54. The predicted molar refractivity (Wildman–Crippen MR) is 63.0 cm³/mol. The molecule has 0 saturated heterocycles. The Bertz CT molecular complexity index is 420. The first-order chi connectivity index (χ1) is 8.28. The minimum atomic E-state index is -4.32. The van der Waals surface area contributed by atoms with Crippen molar-refractivity contribution in [2.24, 2.45) is 0 Å². The first-order valence-electron chi connectivity index (χ1n) is 5.17. The van der Waals surface area contributed by atoms with Crippen LogP contribution in [0.4, 0.5) is 24.5 Å². The van der Waals surface area contributed by atoms with Gasteiger partial charge in [0.1, 0.15) is 0 Å². The number of nitrogens with zero attached hydrogens (tertiary/aromatic N) is 1. The van der Waals surface area contributed by atoms with Gasteiger partial charge >= 0.3 is 6.18 Å². The Morgan fingerprint density at radius 3 is 2.56 bits per heavy atom. The second-order valence-electron chi connectivity index (χ2n) is 3.92. The van der Waals surface area contributed by atoms with E-state index >= 15 is 0 Å². The van der Waals surface area contributed by atoms with Crippen molar-refractivity contribution in [2.75, 3.05) is 31.2 Å². The highest BCUT2D eigenvalue weighted by Crippen LogP contribution is 2.17. The summed E-state index contributed by atoms with van der Waals surface area (Å²) in [6.45, 7) is -1.49. The molecule has 0 aromatic heterocycles. The summed E-state index contributed by atoms with van der Waals surface area (Å²) in [6.07, 6.45) is -4.32. The Morgan fingerprint density at radius 1 is 1.39 bits per heavy atom. The van der Waals surface area contributed by atoms with E-state index in [9.17, 15) is 18.0 Å².